The number of sulfone groups is 1. The van der Waals surface area contributed by atoms with Gasteiger partial charge in [-0.2, -0.15) is 5.10 Å². The van der Waals surface area contributed by atoms with Crippen molar-refractivity contribution in [3.05, 3.63) is 80.0 Å². The SMILES string of the molecule is Cc1ccc2c(=O)c(-c3ccc(CC(=O)CS(=O)(=O)c4ccc(Cl)s4)cc3F)n[nH]c2c1. The molecule has 32 heavy (non-hydrogen) atoms. The van der Waals surface area contributed by atoms with E-state index in [1.165, 1.54) is 24.3 Å². The van der Waals surface area contributed by atoms with Crippen molar-refractivity contribution in [3.8, 4) is 11.3 Å². The van der Waals surface area contributed by atoms with Gasteiger partial charge >= 0.3 is 0 Å². The fraction of sp³-hybridized carbons (Fsp3) is 0.136. The minimum absolute atomic E-state index is 0.00850. The van der Waals surface area contributed by atoms with Crippen LogP contribution in [0.15, 0.2) is 57.5 Å². The number of fused-ring (bicyclic) bond motifs is 1. The maximum absolute atomic E-state index is 14.8. The van der Waals surface area contributed by atoms with Gasteiger partial charge in [0.25, 0.3) is 0 Å². The number of benzene rings is 2. The van der Waals surface area contributed by atoms with E-state index in [4.69, 9.17) is 11.6 Å². The van der Waals surface area contributed by atoms with Gasteiger partial charge in [0.1, 0.15) is 21.5 Å². The molecule has 0 radical (unpaired) electrons. The summed E-state index contributed by atoms with van der Waals surface area (Å²) in [4.78, 5) is 25.1. The zero-order chi connectivity index (χ0) is 23.0. The number of rotatable bonds is 6. The number of H-pyrrole nitrogens is 1. The molecule has 0 fully saturated rings. The highest BCUT2D eigenvalue weighted by molar-refractivity contribution is 7.94. The summed E-state index contributed by atoms with van der Waals surface area (Å²) in [6.45, 7) is 1.88. The van der Waals surface area contributed by atoms with Crippen LogP contribution < -0.4 is 5.43 Å². The average Bonchev–Trinajstić information content (AvgIpc) is 3.16. The molecule has 0 aliphatic heterocycles. The molecule has 2 aromatic carbocycles. The predicted octanol–water partition coefficient (Wildman–Crippen LogP) is 4.34. The lowest BCUT2D eigenvalue weighted by molar-refractivity contribution is -0.116. The first-order valence-corrected chi connectivity index (χ1v) is 12.3. The second kappa shape index (κ2) is 8.57. The number of carbonyl (C=O) groups excluding carboxylic acids is 1. The van der Waals surface area contributed by atoms with Gasteiger partial charge in [0, 0.05) is 17.4 Å². The molecule has 2 aromatic heterocycles. The summed E-state index contributed by atoms with van der Waals surface area (Å²) in [5, 5.41) is 7.18. The maximum atomic E-state index is 14.8. The second-order valence-corrected chi connectivity index (χ2v) is 11.2. The van der Waals surface area contributed by atoms with Crippen LogP contribution in [0, 0.1) is 12.7 Å². The Bertz CT molecular complexity index is 1530. The van der Waals surface area contributed by atoms with Gasteiger partial charge < -0.3 is 0 Å². The largest absolute Gasteiger partial charge is 0.298 e. The summed E-state index contributed by atoms with van der Waals surface area (Å²) < 4.78 is 39.8. The Morgan fingerprint density at radius 1 is 1.16 bits per heavy atom. The van der Waals surface area contributed by atoms with Gasteiger partial charge in [0.2, 0.25) is 5.43 Å². The third-order valence-corrected chi connectivity index (χ3v) is 8.31. The van der Waals surface area contributed by atoms with E-state index in [0.29, 0.717) is 20.8 Å². The molecule has 0 spiro atoms. The van der Waals surface area contributed by atoms with Crippen LogP contribution in [0.4, 0.5) is 4.39 Å². The molecular weight excluding hydrogens is 475 g/mol. The number of halogens is 2. The topological polar surface area (TPSA) is 97.0 Å². The first-order valence-electron chi connectivity index (χ1n) is 9.42. The molecule has 0 aliphatic rings. The van der Waals surface area contributed by atoms with E-state index in [1.54, 1.807) is 18.2 Å². The Balaban J connectivity index is 1.57. The molecule has 0 amide bonds. The van der Waals surface area contributed by atoms with Gasteiger partial charge in [-0.15, -0.1) is 11.3 Å². The summed E-state index contributed by atoms with van der Waals surface area (Å²) in [5.41, 5.74) is 1.30. The standard InChI is InChI=1S/C22H16ClFN2O4S2/c1-12-2-4-16-18(8-12)25-26-21(22(16)28)15-5-3-13(10-17(15)24)9-14(27)11-32(29,30)20-7-6-19(23)31-20/h2-8,10H,9,11H2,1H3,(H,25,28). The van der Waals surface area contributed by atoms with Crippen molar-refractivity contribution < 1.29 is 17.6 Å². The van der Waals surface area contributed by atoms with Gasteiger partial charge in [-0.05, 0) is 54.4 Å². The molecule has 10 heteroatoms. The number of thiophene rings is 1. The van der Waals surface area contributed by atoms with Crippen LogP contribution in [-0.2, 0) is 21.1 Å². The van der Waals surface area contributed by atoms with Crippen molar-refractivity contribution in [3.63, 3.8) is 0 Å². The maximum Gasteiger partial charge on any atom is 0.216 e. The average molecular weight is 491 g/mol. The first-order chi connectivity index (χ1) is 15.1. The fourth-order valence-corrected chi connectivity index (χ4v) is 6.12. The summed E-state index contributed by atoms with van der Waals surface area (Å²) >= 11 is 6.64. The Hall–Kier alpha value is -2.88. The van der Waals surface area contributed by atoms with Crippen molar-refractivity contribution in [2.45, 2.75) is 17.6 Å². The van der Waals surface area contributed by atoms with Crippen molar-refractivity contribution in [2.75, 3.05) is 5.75 Å². The second-order valence-electron chi connectivity index (χ2n) is 7.30. The highest BCUT2D eigenvalue weighted by Gasteiger charge is 2.22. The number of hydrogen-bond donors (Lipinski definition) is 1. The number of aromatic amines is 1. The van der Waals surface area contributed by atoms with Crippen molar-refractivity contribution in [1.29, 1.82) is 0 Å². The van der Waals surface area contributed by atoms with Crippen molar-refractivity contribution in [1.82, 2.24) is 10.2 Å². The minimum Gasteiger partial charge on any atom is -0.298 e. The molecule has 164 valence electrons. The summed E-state index contributed by atoms with van der Waals surface area (Å²) in [5.74, 6) is -2.02. The zero-order valence-corrected chi connectivity index (χ0v) is 19.1. The molecule has 0 atom stereocenters. The summed E-state index contributed by atoms with van der Waals surface area (Å²) in [6, 6.07) is 12.0. The van der Waals surface area contributed by atoms with Gasteiger partial charge in [0.15, 0.2) is 15.6 Å². The molecule has 4 rings (SSSR count). The van der Waals surface area contributed by atoms with E-state index in [2.05, 4.69) is 10.2 Å². The minimum atomic E-state index is -3.81. The quantitative estimate of drug-likeness (QED) is 0.433. The van der Waals surface area contributed by atoms with Crippen LogP contribution in [0.2, 0.25) is 4.34 Å². The number of carbonyl (C=O) groups is 1. The highest BCUT2D eigenvalue weighted by atomic mass is 35.5. The molecule has 2 heterocycles. The summed E-state index contributed by atoms with van der Waals surface area (Å²) in [6.07, 6.45) is -0.268. The van der Waals surface area contributed by atoms with Gasteiger partial charge in [-0.1, -0.05) is 23.7 Å². The van der Waals surface area contributed by atoms with Crippen molar-refractivity contribution >= 4 is 49.5 Å². The Labute approximate surface area is 191 Å². The smallest absolute Gasteiger partial charge is 0.216 e. The van der Waals surface area contributed by atoms with Crippen LogP contribution >= 0.6 is 22.9 Å². The third kappa shape index (κ3) is 4.50. The van der Waals surface area contributed by atoms with Crippen LogP contribution in [0.25, 0.3) is 22.2 Å². The molecular formula is C22H16ClFN2O4S2. The molecule has 1 N–H and O–H groups in total. The van der Waals surface area contributed by atoms with E-state index in [9.17, 15) is 22.4 Å². The number of hydrogen-bond acceptors (Lipinski definition) is 6. The van der Waals surface area contributed by atoms with E-state index >= 15 is 0 Å². The number of ketones is 1. The third-order valence-electron chi connectivity index (χ3n) is 4.82. The lowest BCUT2D eigenvalue weighted by Gasteiger charge is -2.07. The van der Waals surface area contributed by atoms with E-state index in [-0.39, 0.29) is 21.9 Å². The van der Waals surface area contributed by atoms with Gasteiger partial charge in [-0.25, -0.2) is 12.8 Å². The van der Waals surface area contributed by atoms with Crippen LogP contribution in [0.5, 0.6) is 0 Å². The number of nitrogens with one attached hydrogen (secondary N) is 1. The molecule has 0 aliphatic carbocycles. The van der Waals surface area contributed by atoms with Gasteiger partial charge in [0.05, 0.1) is 9.85 Å². The summed E-state index contributed by atoms with van der Waals surface area (Å²) in [7, 11) is -3.81. The number of aryl methyl sites for hydroxylation is 1. The van der Waals surface area contributed by atoms with E-state index in [0.717, 1.165) is 23.0 Å². The Morgan fingerprint density at radius 3 is 2.62 bits per heavy atom. The molecule has 4 aromatic rings. The fourth-order valence-electron chi connectivity index (χ4n) is 3.31. The molecule has 0 saturated carbocycles. The first kappa shape index (κ1) is 22.3. The van der Waals surface area contributed by atoms with Crippen LogP contribution in [0.3, 0.4) is 0 Å². The lowest BCUT2D eigenvalue weighted by Crippen LogP contribution is -2.17. The monoisotopic (exact) mass is 490 g/mol. The van der Waals surface area contributed by atoms with Gasteiger partial charge in [-0.3, -0.25) is 14.7 Å². The lowest BCUT2D eigenvalue weighted by atomic mass is 10.0. The van der Waals surface area contributed by atoms with E-state index < -0.39 is 32.6 Å². The normalized spacial score (nSPS) is 11.7. The molecule has 0 bridgehead atoms. The van der Waals surface area contributed by atoms with Crippen LogP contribution in [-0.4, -0.2) is 30.2 Å². The predicted molar refractivity (Wildman–Crippen MR) is 123 cm³/mol. The Morgan fingerprint density at radius 2 is 1.94 bits per heavy atom. The molecule has 6 nitrogen and oxygen atoms in total. The number of Topliss-reactive ketones (excluding diaryl/α,β-unsaturated/α-hetero) is 1. The molecule has 0 unspecified atom stereocenters. The van der Waals surface area contributed by atoms with E-state index in [1.807, 2.05) is 6.92 Å². The zero-order valence-electron chi connectivity index (χ0n) is 16.7. The number of nitrogens with zero attached hydrogens (tertiary/aromatic N) is 1. The Kier molecular flexibility index (Phi) is 5.98. The van der Waals surface area contributed by atoms with Crippen LogP contribution in [0.1, 0.15) is 11.1 Å². The molecule has 0 saturated heterocycles. The van der Waals surface area contributed by atoms with Crippen molar-refractivity contribution in [2.24, 2.45) is 0 Å². The highest BCUT2D eigenvalue weighted by Crippen LogP contribution is 2.27. The number of aromatic nitrogens is 2.